The lowest BCUT2D eigenvalue weighted by Crippen LogP contribution is -2.53. The first kappa shape index (κ1) is 18.9. The minimum absolute atomic E-state index is 0.0353. The number of nitrogens with zero attached hydrogens (tertiary/aromatic N) is 4. The van der Waals surface area contributed by atoms with Gasteiger partial charge in [0.15, 0.2) is 0 Å². The number of hydrogen-bond acceptors (Lipinski definition) is 5. The molecule has 0 spiro atoms. The molecule has 0 saturated carbocycles. The van der Waals surface area contributed by atoms with Crippen LogP contribution in [0.25, 0.3) is 0 Å². The number of amides is 1. The SMILES string of the molecule is CCn1ccnc1CN1C[C@H](COCC(=O)N(C)C)OC(C)(C)C1. The Bertz CT molecular complexity index is 542. The molecule has 1 saturated heterocycles. The molecule has 0 aromatic carbocycles. The van der Waals surface area contributed by atoms with E-state index in [0.29, 0.717) is 6.61 Å². The topological polar surface area (TPSA) is 59.8 Å². The van der Waals surface area contributed by atoms with Gasteiger partial charge in [-0.05, 0) is 20.8 Å². The first-order valence-corrected chi connectivity index (χ1v) is 8.49. The maximum Gasteiger partial charge on any atom is 0.248 e. The Morgan fingerprint density at radius 3 is 2.92 bits per heavy atom. The van der Waals surface area contributed by atoms with Crippen molar-refractivity contribution in [1.29, 1.82) is 0 Å². The van der Waals surface area contributed by atoms with Crippen molar-refractivity contribution in [2.45, 2.75) is 45.6 Å². The standard InChI is InChI=1S/C17H30N4O3/c1-6-21-8-7-18-15(21)10-20-9-14(24-17(2,3)13-20)11-23-12-16(22)19(4)5/h7-8,14H,6,9-13H2,1-5H3/t14-/m1/s1. The van der Waals surface area contributed by atoms with E-state index in [2.05, 4.69) is 35.2 Å². The molecule has 2 rings (SSSR count). The highest BCUT2D eigenvalue weighted by molar-refractivity contribution is 5.76. The van der Waals surface area contributed by atoms with E-state index in [1.54, 1.807) is 14.1 Å². The molecule has 0 N–H and O–H groups in total. The van der Waals surface area contributed by atoms with Crippen LogP contribution in [0.4, 0.5) is 0 Å². The molecule has 1 aliphatic heterocycles. The Hall–Kier alpha value is -1.44. The summed E-state index contributed by atoms with van der Waals surface area (Å²) < 4.78 is 13.8. The molecule has 24 heavy (non-hydrogen) atoms. The van der Waals surface area contributed by atoms with Crippen LogP contribution < -0.4 is 0 Å². The van der Waals surface area contributed by atoms with Gasteiger partial charge in [0.2, 0.25) is 5.91 Å². The van der Waals surface area contributed by atoms with Crippen LogP contribution >= 0.6 is 0 Å². The van der Waals surface area contributed by atoms with E-state index in [4.69, 9.17) is 9.47 Å². The smallest absolute Gasteiger partial charge is 0.248 e. The number of carbonyl (C=O) groups is 1. The van der Waals surface area contributed by atoms with Crippen LogP contribution in [0.15, 0.2) is 12.4 Å². The Kier molecular flexibility index (Phi) is 6.37. The lowest BCUT2D eigenvalue weighted by Gasteiger charge is -2.42. The molecule has 1 atom stereocenters. The summed E-state index contributed by atoms with van der Waals surface area (Å²) in [6, 6.07) is 0. The second-order valence-corrected chi connectivity index (χ2v) is 7.10. The molecule has 0 aliphatic carbocycles. The van der Waals surface area contributed by atoms with Crippen LogP contribution in [0.3, 0.4) is 0 Å². The van der Waals surface area contributed by atoms with Crippen molar-refractivity contribution in [1.82, 2.24) is 19.4 Å². The third-order valence-electron chi connectivity index (χ3n) is 4.09. The first-order chi connectivity index (χ1) is 11.3. The van der Waals surface area contributed by atoms with E-state index >= 15 is 0 Å². The number of rotatable bonds is 7. The molecule has 2 heterocycles. The molecule has 136 valence electrons. The molecule has 0 radical (unpaired) electrons. The van der Waals surface area contributed by atoms with Crippen LogP contribution in [0, 0.1) is 0 Å². The second kappa shape index (κ2) is 8.09. The summed E-state index contributed by atoms with van der Waals surface area (Å²) in [5.41, 5.74) is -0.249. The Labute approximate surface area is 144 Å². The van der Waals surface area contributed by atoms with Crippen LogP contribution in [0.1, 0.15) is 26.6 Å². The molecule has 0 bridgehead atoms. The van der Waals surface area contributed by atoms with Gasteiger partial charge in [-0.3, -0.25) is 9.69 Å². The fourth-order valence-electron chi connectivity index (χ4n) is 3.01. The van der Waals surface area contributed by atoms with Crippen LogP contribution in [0.5, 0.6) is 0 Å². The number of morpholine rings is 1. The summed E-state index contributed by atoms with van der Waals surface area (Å²) >= 11 is 0. The number of ether oxygens (including phenoxy) is 2. The van der Waals surface area contributed by atoms with Crippen molar-refractivity contribution in [3.8, 4) is 0 Å². The van der Waals surface area contributed by atoms with Gasteiger partial charge >= 0.3 is 0 Å². The van der Waals surface area contributed by atoms with E-state index in [1.165, 1.54) is 4.90 Å². The zero-order valence-corrected chi connectivity index (χ0v) is 15.5. The van der Waals surface area contributed by atoms with Crippen molar-refractivity contribution in [2.75, 3.05) is 40.4 Å². The number of aromatic nitrogens is 2. The van der Waals surface area contributed by atoms with Crippen LogP contribution in [-0.4, -0.2) is 77.4 Å². The van der Waals surface area contributed by atoms with Crippen LogP contribution in [0.2, 0.25) is 0 Å². The zero-order chi connectivity index (χ0) is 17.7. The van der Waals surface area contributed by atoms with Gasteiger partial charge < -0.3 is 18.9 Å². The second-order valence-electron chi connectivity index (χ2n) is 7.10. The van der Waals surface area contributed by atoms with Crippen molar-refractivity contribution < 1.29 is 14.3 Å². The van der Waals surface area contributed by atoms with E-state index in [9.17, 15) is 4.79 Å². The summed E-state index contributed by atoms with van der Waals surface area (Å²) in [5.74, 6) is 1.03. The summed E-state index contributed by atoms with van der Waals surface area (Å²) in [4.78, 5) is 19.9. The highest BCUT2D eigenvalue weighted by atomic mass is 16.5. The van der Waals surface area contributed by atoms with Gasteiger partial charge in [0.1, 0.15) is 12.4 Å². The van der Waals surface area contributed by atoms with Gasteiger partial charge in [0.05, 0.1) is 24.9 Å². The average molecular weight is 338 g/mol. The zero-order valence-electron chi connectivity index (χ0n) is 15.5. The number of carbonyl (C=O) groups excluding carboxylic acids is 1. The Morgan fingerprint density at radius 1 is 1.50 bits per heavy atom. The van der Waals surface area contributed by atoms with Gasteiger partial charge in [-0.2, -0.15) is 0 Å². The predicted octanol–water partition coefficient (Wildman–Crippen LogP) is 0.987. The van der Waals surface area contributed by atoms with Crippen molar-refractivity contribution in [3.05, 3.63) is 18.2 Å². The minimum Gasteiger partial charge on any atom is -0.369 e. The third-order valence-corrected chi connectivity index (χ3v) is 4.09. The fourth-order valence-corrected chi connectivity index (χ4v) is 3.01. The molecule has 7 heteroatoms. The molecule has 1 amide bonds. The average Bonchev–Trinajstić information content (AvgIpc) is 2.92. The lowest BCUT2D eigenvalue weighted by atomic mass is 10.1. The van der Waals surface area contributed by atoms with Gasteiger partial charge in [0, 0.05) is 46.1 Å². The van der Waals surface area contributed by atoms with E-state index in [0.717, 1.165) is 32.0 Å². The molecular formula is C17H30N4O3. The molecule has 1 aliphatic rings. The van der Waals surface area contributed by atoms with Gasteiger partial charge in [-0.25, -0.2) is 4.98 Å². The molecular weight excluding hydrogens is 308 g/mol. The summed E-state index contributed by atoms with van der Waals surface area (Å²) in [6.45, 7) is 10.1. The number of imidazole rings is 1. The molecule has 7 nitrogen and oxygen atoms in total. The molecule has 1 aromatic rings. The van der Waals surface area contributed by atoms with Crippen LogP contribution in [-0.2, 0) is 27.4 Å². The minimum atomic E-state index is -0.249. The quantitative estimate of drug-likeness (QED) is 0.742. The molecule has 1 fully saturated rings. The molecule has 0 unspecified atom stereocenters. The first-order valence-electron chi connectivity index (χ1n) is 8.49. The van der Waals surface area contributed by atoms with Gasteiger partial charge in [0.25, 0.3) is 0 Å². The largest absolute Gasteiger partial charge is 0.369 e. The maximum atomic E-state index is 11.6. The third kappa shape index (κ3) is 5.29. The monoisotopic (exact) mass is 338 g/mol. The predicted molar refractivity (Wildman–Crippen MR) is 91.6 cm³/mol. The fraction of sp³-hybridized carbons (Fsp3) is 0.765. The van der Waals surface area contributed by atoms with Gasteiger partial charge in [-0.15, -0.1) is 0 Å². The normalized spacial score (nSPS) is 21.0. The van der Waals surface area contributed by atoms with Gasteiger partial charge in [-0.1, -0.05) is 0 Å². The number of aryl methyl sites for hydroxylation is 1. The molecule has 1 aromatic heterocycles. The Balaban J connectivity index is 1.90. The van der Waals surface area contributed by atoms with E-state index < -0.39 is 0 Å². The number of hydrogen-bond donors (Lipinski definition) is 0. The summed E-state index contributed by atoms with van der Waals surface area (Å²) in [6.07, 6.45) is 3.81. The van der Waals surface area contributed by atoms with E-state index in [-0.39, 0.29) is 24.2 Å². The van der Waals surface area contributed by atoms with Crippen molar-refractivity contribution >= 4 is 5.91 Å². The maximum absolute atomic E-state index is 11.6. The van der Waals surface area contributed by atoms with E-state index in [1.807, 2.05) is 12.4 Å². The van der Waals surface area contributed by atoms with Crippen molar-refractivity contribution in [2.24, 2.45) is 0 Å². The highest BCUT2D eigenvalue weighted by Gasteiger charge is 2.34. The summed E-state index contributed by atoms with van der Waals surface area (Å²) in [5, 5.41) is 0. The lowest BCUT2D eigenvalue weighted by molar-refractivity contribution is -0.161. The van der Waals surface area contributed by atoms with Crippen molar-refractivity contribution in [3.63, 3.8) is 0 Å². The summed E-state index contributed by atoms with van der Waals surface area (Å²) in [7, 11) is 3.45. The Morgan fingerprint density at radius 2 is 2.25 bits per heavy atom. The highest BCUT2D eigenvalue weighted by Crippen LogP contribution is 2.22. The number of likely N-dealkylation sites (N-methyl/N-ethyl adjacent to an activating group) is 1.